The fourth-order valence-corrected chi connectivity index (χ4v) is 1.74. The lowest BCUT2D eigenvalue weighted by atomic mass is 9.95. The Labute approximate surface area is 121 Å². The molecule has 0 aliphatic rings. The van der Waals surface area contributed by atoms with Gasteiger partial charge in [-0.1, -0.05) is 51.1 Å². The van der Waals surface area contributed by atoms with Crippen LogP contribution in [0.4, 0.5) is 0 Å². The van der Waals surface area contributed by atoms with E-state index in [0.717, 1.165) is 5.56 Å². The molecule has 110 valence electrons. The van der Waals surface area contributed by atoms with E-state index in [0.29, 0.717) is 6.54 Å². The zero-order valence-corrected chi connectivity index (χ0v) is 12.9. The second-order valence-electron chi connectivity index (χ2n) is 6.13. The van der Waals surface area contributed by atoms with Crippen molar-refractivity contribution >= 4 is 11.8 Å². The number of nitrogens with zero attached hydrogens (tertiary/aromatic N) is 1. The Balaban J connectivity index is 2.58. The summed E-state index contributed by atoms with van der Waals surface area (Å²) in [4.78, 5) is 25.7. The molecule has 0 saturated carbocycles. The highest BCUT2D eigenvalue weighted by atomic mass is 16.2. The minimum Gasteiger partial charge on any atom is -0.344 e. The van der Waals surface area contributed by atoms with Gasteiger partial charge in [-0.3, -0.25) is 9.59 Å². The molecule has 1 rings (SSSR count). The molecule has 1 N–H and O–H groups in total. The molecule has 4 nitrogen and oxygen atoms in total. The molecule has 0 saturated heterocycles. The molecule has 0 aromatic heterocycles. The Kier molecular flexibility index (Phi) is 5.31. The molecule has 0 aliphatic carbocycles. The second kappa shape index (κ2) is 6.55. The highest BCUT2D eigenvalue weighted by Crippen LogP contribution is 2.13. The van der Waals surface area contributed by atoms with Crippen LogP contribution in [0.2, 0.25) is 0 Å². The molecule has 0 heterocycles. The van der Waals surface area contributed by atoms with Crippen LogP contribution in [0.1, 0.15) is 33.3 Å². The third-order valence-corrected chi connectivity index (χ3v) is 3.04. The number of carbonyl (C=O) groups excluding carboxylic acids is 2. The zero-order valence-electron chi connectivity index (χ0n) is 12.9. The van der Waals surface area contributed by atoms with Crippen LogP contribution in [0.5, 0.6) is 0 Å². The first-order valence-electron chi connectivity index (χ1n) is 6.81. The minimum atomic E-state index is -0.518. The van der Waals surface area contributed by atoms with Gasteiger partial charge in [0.15, 0.2) is 0 Å². The van der Waals surface area contributed by atoms with E-state index in [1.807, 2.05) is 51.1 Å². The number of carbonyl (C=O) groups is 2. The molecular formula is C16H24N2O2. The van der Waals surface area contributed by atoms with Crippen LogP contribution in [-0.4, -0.2) is 29.8 Å². The van der Waals surface area contributed by atoms with Crippen LogP contribution >= 0.6 is 0 Å². The molecule has 0 bridgehead atoms. The van der Waals surface area contributed by atoms with Crippen LogP contribution in [-0.2, 0) is 16.1 Å². The maximum Gasteiger partial charge on any atom is 0.244 e. The summed E-state index contributed by atoms with van der Waals surface area (Å²) >= 11 is 0. The summed E-state index contributed by atoms with van der Waals surface area (Å²) in [6.07, 6.45) is 0. The average molecular weight is 276 g/mol. The van der Waals surface area contributed by atoms with E-state index in [1.165, 1.54) is 0 Å². The highest BCUT2D eigenvalue weighted by molar-refractivity contribution is 5.89. The predicted molar refractivity (Wildman–Crippen MR) is 80.0 cm³/mol. The topological polar surface area (TPSA) is 49.4 Å². The lowest BCUT2D eigenvalue weighted by Crippen LogP contribution is -2.48. The normalized spacial score (nSPS) is 12.7. The van der Waals surface area contributed by atoms with Gasteiger partial charge in [-0.2, -0.15) is 0 Å². The third-order valence-electron chi connectivity index (χ3n) is 3.04. The fourth-order valence-electron chi connectivity index (χ4n) is 1.74. The number of rotatable bonds is 4. The summed E-state index contributed by atoms with van der Waals surface area (Å²) in [5, 5.41) is 2.76. The Morgan fingerprint density at radius 3 is 2.25 bits per heavy atom. The number of benzene rings is 1. The highest BCUT2D eigenvalue weighted by Gasteiger charge is 2.26. The van der Waals surface area contributed by atoms with Crippen LogP contribution in [0.25, 0.3) is 0 Å². The van der Waals surface area contributed by atoms with E-state index in [-0.39, 0.29) is 11.8 Å². The number of amides is 2. The van der Waals surface area contributed by atoms with Gasteiger partial charge < -0.3 is 10.2 Å². The lowest BCUT2D eigenvalue weighted by molar-refractivity contribution is -0.137. The van der Waals surface area contributed by atoms with Crippen LogP contribution in [0.3, 0.4) is 0 Å². The second-order valence-corrected chi connectivity index (χ2v) is 6.13. The minimum absolute atomic E-state index is 0.0912. The molecule has 1 unspecified atom stereocenters. The van der Waals surface area contributed by atoms with Crippen molar-refractivity contribution in [3.05, 3.63) is 35.9 Å². The smallest absolute Gasteiger partial charge is 0.244 e. The Bertz CT molecular complexity index is 463. The van der Waals surface area contributed by atoms with Gasteiger partial charge in [0, 0.05) is 19.0 Å². The van der Waals surface area contributed by atoms with Crippen molar-refractivity contribution in [3.8, 4) is 0 Å². The molecule has 0 aliphatic heterocycles. The summed E-state index contributed by atoms with van der Waals surface area (Å²) in [5.41, 5.74) is 0.574. The van der Waals surface area contributed by atoms with Crippen LogP contribution < -0.4 is 5.32 Å². The van der Waals surface area contributed by atoms with Gasteiger partial charge in [-0.25, -0.2) is 0 Å². The van der Waals surface area contributed by atoms with Crippen molar-refractivity contribution in [3.63, 3.8) is 0 Å². The third kappa shape index (κ3) is 4.68. The molecule has 4 heteroatoms. The number of hydrogen-bond acceptors (Lipinski definition) is 2. The maximum absolute atomic E-state index is 12.2. The fraction of sp³-hybridized carbons (Fsp3) is 0.500. The van der Waals surface area contributed by atoms with Crippen molar-refractivity contribution < 1.29 is 9.59 Å². The molecule has 1 atom stereocenters. The van der Waals surface area contributed by atoms with Gasteiger partial charge in [-0.05, 0) is 12.5 Å². The van der Waals surface area contributed by atoms with E-state index in [1.54, 1.807) is 18.9 Å². The van der Waals surface area contributed by atoms with Gasteiger partial charge in [0.1, 0.15) is 6.04 Å². The zero-order chi connectivity index (χ0) is 15.3. The predicted octanol–water partition coefficient (Wildman–Crippen LogP) is 2.20. The quantitative estimate of drug-likeness (QED) is 0.916. The number of hydrogen-bond donors (Lipinski definition) is 1. The van der Waals surface area contributed by atoms with Crippen molar-refractivity contribution in [2.45, 2.75) is 40.3 Å². The van der Waals surface area contributed by atoms with Crippen molar-refractivity contribution in [1.29, 1.82) is 0 Å². The van der Waals surface area contributed by atoms with E-state index in [4.69, 9.17) is 0 Å². The molecule has 1 aromatic rings. The van der Waals surface area contributed by atoms with Gasteiger partial charge in [-0.15, -0.1) is 0 Å². The molecule has 20 heavy (non-hydrogen) atoms. The summed E-state index contributed by atoms with van der Waals surface area (Å²) in [6, 6.07) is 9.26. The largest absolute Gasteiger partial charge is 0.344 e. The first kappa shape index (κ1) is 16.2. The first-order valence-corrected chi connectivity index (χ1v) is 6.81. The number of likely N-dealkylation sites (N-methyl/N-ethyl adjacent to an activating group) is 1. The standard InChI is InChI=1S/C16H24N2O2/c1-12(17-15(20)16(2,3)4)14(19)18(5)11-13-9-7-6-8-10-13/h6-10,12H,11H2,1-5H3,(H,17,20). The summed E-state index contributed by atoms with van der Waals surface area (Å²) in [6.45, 7) is 7.73. The van der Waals surface area contributed by atoms with Crippen molar-refractivity contribution in [2.24, 2.45) is 5.41 Å². The Morgan fingerprint density at radius 2 is 1.75 bits per heavy atom. The van der Waals surface area contributed by atoms with Gasteiger partial charge in [0.05, 0.1) is 0 Å². The SMILES string of the molecule is CC(NC(=O)C(C)(C)C)C(=O)N(C)Cc1ccccc1. The van der Waals surface area contributed by atoms with Crippen molar-refractivity contribution in [1.82, 2.24) is 10.2 Å². The maximum atomic E-state index is 12.2. The van der Waals surface area contributed by atoms with Crippen LogP contribution in [0.15, 0.2) is 30.3 Å². The average Bonchev–Trinajstić information content (AvgIpc) is 2.37. The van der Waals surface area contributed by atoms with E-state index >= 15 is 0 Å². The van der Waals surface area contributed by atoms with E-state index in [9.17, 15) is 9.59 Å². The van der Waals surface area contributed by atoms with Crippen molar-refractivity contribution in [2.75, 3.05) is 7.05 Å². The Morgan fingerprint density at radius 1 is 1.20 bits per heavy atom. The van der Waals surface area contributed by atoms with E-state index < -0.39 is 11.5 Å². The molecule has 2 amide bonds. The van der Waals surface area contributed by atoms with Gasteiger partial charge >= 0.3 is 0 Å². The summed E-state index contributed by atoms with van der Waals surface area (Å²) in [5.74, 6) is -0.210. The summed E-state index contributed by atoms with van der Waals surface area (Å²) < 4.78 is 0. The molecule has 0 radical (unpaired) electrons. The Hall–Kier alpha value is -1.84. The summed E-state index contributed by atoms with van der Waals surface area (Å²) in [7, 11) is 1.75. The lowest BCUT2D eigenvalue weighted by Gasteiger charge is -2.25. The number of nitrogens with one attached hydrogen (secondary N) is 1. The molecule has 0 fully saturated rings. The molecule has 0 spiro atoms. The van der Waals surface area contributed by atoms with Crippen LogP contribution in [0, 0.1) is 5.41 Å². The molecular weight excluding hydrogens is 252 g/mol. The van der Waals surface area contributed by atoms with Gasteiger partial charge in [0.25, 0.3) is 0 Å². The monoisotopic (exact) mass is 276 g/mol. The van der Waals surface area contributed by atoms with E-state index in [2.05, 4.69) is 5.32 Å². The molecule has 1 aromatic carbocycles. The van der Waals surface area contributed by atoms with Gasteiger partial charge in [0.2, 0.25) is 11.8 Å². The first-order chi connectivity index (χ1) is 9.21.